The van der Waals surface area contributed by atoms with Gasteiger partial charge in [-0.25, -0.2) is 0 Å². The zero-order valence-electron chi connectivity index (χ0n) is 9.21. The van der Waals surface area contributed by atoms with Crippen molar-refractivity contribution < 1.29 is 9.90 Å². The van der Waals surface area contributed by atoms with Crippen molar-refractivity contribution in [3.8, 4) is 0 Å². The van der Waals surface area contributed by atoms with E-state index in [0.29, 0.717) is 15.6 Å². The minimum absolute atomic E-state index is 0.0847. The summed E-state index contributed by atoms with van der Waals surface area (Å²) < 4.78 is 0. The van der Waals surface area contributed by atoms with E-state index in [9.17, 15) is 9.90 Å². The molecule has 0 bridgehead atoms. The van der Waals surface area contributed by atoms with Gasteiger partial charge in [0, 0.05) is 16.5 Å². The SMILES string of the molecule is CC(C)C(O)C(=O)Cc1ccc(Cl)cc1Cl. The summed E-state index contributed by atoms with van der Waals surface area (Å²) in [6.45, 7) is 3.60. The Morgan fingerprint density at radius 2 is 2.00 bits per heavy atom. The molecule has 0 saturated carbocycles. The van der Waals surface area contributed by atoms with Crippen LogP contribution in [0.2, 0.25) is 10.0 Å². The lowest BCUT2D eigenvalue weighted by molar-refractivity contribution is -0.128. The van der Waals surface area contributed by atoms with Crippen LogP contribution >= 0.6 is 23.2 Å². The van der Waals surface area contributed by atoms with Crippen molar-refractivity contribution in [2.75, 3.05) is 0 Å². The first-order valence-corrected chi connectivity index (χ1v) is 5.82. The number of carbonyl (C=O) groups excluding carboxylic acids is 1. The molecule has 0 spiro atoms. The van der Waals surface area contributed by atoms with Gasteiger partial charge in [-0.15, -0.1) is 0 Å². The molecule has 16 heavy (non-hydrogen) atoms. The number of aliphatic hydroxyl groups excluding tert-OH is 1. The molecule has 1 N–H and O–H groups in total. The number of hydrogen-bond acceptors (Lipinski definition) is 2. The number of halogens is 2. The highest BCUT2D eigenvalue weighted by molar-refractivity contribution is 6.35. The van der Waals surface area contributed by atoms with E-state index in [0.717, 1.165) is 0 Å². The van der Waals surface area contributed by atoms with E-state index in [-0.39, 0.29) is 18.1 Å². The molecule has 2 nitrogen and oxygen atoms in total. The predicted molar refractivity (Wildman–Crippen MR) is 66.0 cm³/mol. The summed E-state index contributed by atoms with van der Waals surface area (Å²) in [6.07, 6.45) is -0.804. The number of carbonyl (C=O) groups is 1. The summed E-state index contributed by atoms with van der Waals surface area (Å²) in [5.74, 6) is -0.308. The number of rotatable bonds is 4. The maximum atomic E-state index is 11.6. The molecule has 4 heteroatoms. The standard InChI is InChI=1S/C12H14Cl2O2/c1-7(2)12(16)11(15)5-8-3-4-9(13)6-10(8)14/h3-4,6-7,12,16H,5H2,1-2H3. The minimum Gasteiger partial charge on any atom is -0.385 e. The molecular weight excluding hydrogens is 247 g/mol. The van der Waals surface area contributed by atoms with Gasteiger partial charge >= 0.3 is 0 Å². The summed E-state index contributed by atoms with van der Waals surface area (Å²) >= 11 is 11.7. The summed E-state index contributed by atoms with van der Waals surface area (Å²) in [4.78, 5) is 11.6. The minimum atomic E-state index is -0.938. The first-order valence-electron chi connectivity index (χ1n) is 5.06. The fourth-order valence-electron chi connectivity index (χ4n) is 1.33. The Bertz CT molecular complexity index is 389. The molecule has 88 valence electrons. The van der Waals surface area contributed by atoms with Gasteiger partial charge in [-0.1, -0.05) is 43.1 Å². The lowest BCUT2D eigenvalue weighted by Gasteiger charge is -2.13. The summed E-state index contributed by atoms with van der Waals surface area (Å²) in [6, 6.07) is 4.97. The maximum Gasteiger partial charge on any atom is 0.165 e. The number of hydrogen-bond donors (Lipinski definition) is 1. The van der Waals surface area contributed by atoms with E-state index < -0.39 is 6.10 Å². The topological polar surface area (TPSA) is 37.3 Å². The monoisotopic (exact) mass is 260 g/mol. The molecule has 0 aliphatic rings. The number of benzene rings is 1. The van der Waals surface area contributed by atoms with E-state index >= 15 is 0 Å². The van der Waals surface area contributed by atoms with Crippen LogP contribution in [-0.2, 0) is 11.2 Å². The molecule has 0 amide bonds. The van der Waals surface area contributed by atoms with Gasteiger partial charge in [-0.05, 0) is 23.6 Å². The van der Waals surface area contributed by atoms with E-state index in [1.54, 1.807) is 32.0 Å². The van der Waals surface area contributed by atoms with Crippen molar-refractivity contribution in [3.05, 3.63) is 33.8 Å². The third kappa shape index (κ3) is 3.48. The van der Waals surface area contributed by atoms with E-state index in [2.05, 4.69) is 0 Å². The van der Waals surface area contributed by atoms with Crippen molar-refractivity contribution in [2.45, 2.75) is 26.4 Å². The second kappa shape index (κ2) is 5.67. The average molecular weight is 261 g/mol. The number of Topliss-reactive ketones (excluding diaryl/α,β-unsaturated/α-hetero) is 1. The Kier molecular flexibility index (Phi) is 4.78. The molecule has 1 aromatic carbocycles. The molecule has 0 saturated heterocycles. The maximum absolute atomic E-state index is 11.6. The summed E-state index contributed by atoms with van der Waals surface area (Å²) in [5.41, 5.74) is 0.691. The molecule has 0 aliphatic heterocycles. The second-order valence-corrected chi connectivity index (χ2v) is 4.91. The molecule has 0 aromatic heterocycles. The largest absolute Gasteiger partial charge is 0.385 e. The predicted octanol–water partition coefficient (Wildman–Crippen LogP) is 3.12. The Balaban J connectivity index is 2.77. The zero-order chi connectivity index (χ0) is 12.3. The fourth-order valence-corrected chi connectivity index (χ4v) is 1.80. The summed E-state index contributed by atoms with van der Waals surface area (Å²) in [5, 5.41) is 10.6. The molecule has 0 radical (unpaired) electrons. The Morgan fingerprint density at radius 3 is 2.50 bits per heavy atom. The zero-order valence-corrected chi connectivity index (χ0v) is 10.7. The third-order valence-corrected chi connectivity index (χ3v) is 2.93. The number of ketones is 1. The first kappa shape index (κ1) is 13.5. The van der Waals surface area contributed by atoms with Gasteiger partial charge in [0.1, 0.15) is 6.10 Å². The fraction of sp³-hybridized carbons (Fsp3) is 0.417. The van der Waals surface area contributed by atoms with Crippen LogP contribution in [0.3, 0.4) is 0 Å². The van der Waals surface area contributed by atoms with Crippen molar-refractivity contribution in [1.82, 2.24) is 0 Å². The van der Waals surface area contributed by atoms with Crippen LogP contribution in [0.5, 0.6) is 0 Å². The Labute approximate surface area is 105 Å². The van der Waals surface area contributed by atoms with Gasteiger partial charge in [-0.2, -0.15) is 0 Å². The second-order valence-electron chi connectivity index (χ2n) is 4.07. The van der Waals surface area contributed by atoms with Crippen LogP contribution in [0.4, 0.5) is 0 Å². The molecule has 1 atom stereocenters. The molecule has 0 heterocycles. The van der Waals surface area contributed by atoms with Crippen LogP contribution in [-0.4, -0.2) is 17.0 Å². The van der Waals surface area contributed by atoms with Gasteiger partial charge in [0.05, 0.1) is 0 Å². The van der Waals surface area contributed by atoms with Gasteiger partial charge in [0.2, 0.25) is 0 Å². The van der Waals surface area contributed by atoms with E-state index in [4.69, 9.17) is 23.2 Å². The smallest absolute Gasteiger partial charge is 0.165 e. The lowest BCUT2D eigenvalue weighted by Crippen LogP contribution is -2.27. The number of aliphatic hydroxyl groups is 1. The third-order valence-electron chi connectivity index (χ3n) is 2.34. The van der Waals surface area contributed by atoms with Crippen LogP contribution in [0, 0.1) is 5.92 Å². The summed E-state index contributed by atoms with van der Waals surface area (Å²) in [7, 11) is 0. The van der Waals surface area contributed by atoms with E-state index in [1.165, 1.54) is 0 Å². The van der Waals surface area contributed by atoms with Crippen molar-refractivity contribution in [2.24, 2.45) is 5.92 Å². The van der Waals surface area contributed by atoms with Crippen LogP contribution < -0.4 is 0 Å². The Hall–Kier alpha value is -0.570. The lowest BCUT2D eigenvalue weighted by atomic mass is 9.98. The van der Waals surface area contributed by atoms with Crippen LogP contribution in [0.1, 0.15) is 19.4 Å². The van der Waals surface area contributed by atoms with Crippen molar-refractivity contribution >= 4 is 29.0 Å². The highest BCUT2D eigenvalue weighted by Crippen LogP contribution is 2.22. The Morgan fingerprint density at radius 1 is 1.38 bits per heavy atom. The molecule has 1 rings (SSSR count). The molecule has 1 aromatic rings. The molecule has 0 aliphatic carbocycles. The first-order chi connectivity index (χ1) is 7.41. The highest BCUT2D eigenvalue weighted by Gasteiger charge is 2.19. The van der Waals surface area contributed by atoms with E-state index in [1.807, 2.05) is 0 Å². The van der Waals surface area contributed by atoms with Gasteiger partial charge in [0.25, 0.3) is 0 Å². The van der Waals surface area contributed by atoms with Gasteiger partial charge in [-0.3, -0.25) is 4.79 Å². The van der Waals surface area contributed by atoms with Crippen LogP contribution in [0.25, 0.3) is 0 Å². The quantitative estimate of drug-likeness (QED) is 0.904. The molecular formula is C12H14Cl2O2. The highest BCUT2D eigenvalue weighted by atomic mass is 35.5. The van der Waals surface area contributed by atoms with Crippen LogP contribution in [0.15, 0.2) is 18.2 Å². The van der Waals surface area contributed by atoms with Gasteiger partial charge in [0.15, 0.2) is 5.78 Å². The molecule has 1 unspecified atom stereocenters. The van der Waals surface area contributed by atoms with Crippen molar-refractivity contribution in [3.63, 3.8) is 0 Å². The van der Waals surface area contributed by atoms with Crippen molar-refractivity contribution in [1.29, 1.82) is 0 Å². The normalized spacial score (nSPS) is 12.9. The average Bonchev–Trinajstić information content (AvgIpc) is 2.20. The molecule has 0 fully saturated rings. The van der Waals surface area contributed by atoms with Gasteiger partial charge < -0.3 is 5.11 Å².